The predicted octanol–water partition coefficient (Wildman–Crippen LogP) is 2.11. The van der Waals surface area contributed by atoms with Gasteiger partial charge in [0.2, 0.25) is 0 Å². The Morgan fingerprint density at radius 1 is 1.04 bits per heavy atom. The number of carbonyl (C=O) groups excluding carboxylic acids is 1. The van der Waals surface area contributed by atoms with E-state index >= 15 is 0 Å². The Morgan fingerprint density at radius 3 is 2.50 bits per heavy atom. The van der Waals surface area contributed by atoms with Gasteiger partial charge in [-0.3, -0.25) is 4.79 Å². The average Bonchev–Trinajstić information content (AvgIpc) is 2.66. The van der Waals surface area contributed by atoms with Crippen LogP contribution in [0, 0.1) is 0 Å². The summed E-state index contributed by atoms with van der Waals surface area (Å²) in [6.45, 7) is 0. The third-order valence-corrected chi connectivity index (χ3v) is 4.31. The number of rotatable bonds is 6. The number of nitrogens with two attached hydrogens (primary N) is 2. The second-order valence-corrected chi connectivity index (χ2v) is 5.82. The number of aryl methyl sites for hydroxylation is 2. The number of nitrogen functional groups attached to an aromatic ring is 1. The second-order valence-electron chi connectivity index (χ2n) is 5.82. The number of amides is 1. The van der Waals surface area contributed by atoms with Crippen molar-refractivity contribution in [2.24, 2.45) is 5.73 Å². The first kappa shape index (κ1) is 17.5. The lowest BCUT2D eigenvalue weighted by atomic mass is 10.0. The number of carbonyl (C=O) groups is 1. The van der Waals surface area contributed by atoms with E-state index < -0.39 is 5.91 Å². The summed E-state index contributed by atoms with van der Waals surface area (Å²) in [7, 11) is 3.25. The van der Waals surface area contributed by atoms with Crippen molar-refractivity contribution in [3.8, 4) is 11.5 Å². The maximum Gasteiger partial charge on any atom is 0.271 e. The molecule has 2 aromatic carbocycles. The molecule has 4 N–H and O–H groups in total. The normalized spacial score (nSPS) is 10.7. The fourth-order valence-corrected chi connectivity index (χ4v) is 2.92. The molecule has 0 saturated carbocycles. The van der Waals surface area contributed by atoms with Crippen molar-refractivity contribution >= 4 is 22.5 Å². The second kappa shape index (κ2) is 7.26. The Morgan fingerprint density at radius 2 is 1.81 bits per heavy atom. The summed E-state index contributed by atoms with van der Waals surface area (Å²) in [6.07, 6.45) is 1.45. The molecule has 1 amide bonds. The Balaban J connectivity index is 1.93. The molecular formula is C19H20N4O3. The van der Waals surface area contributed by atoms with Gasteiger partial charge in [-0.1, -0.05) is 24.3 Å². The predicted molar refractivity (Wildman–Crippen MR) is 99.4 cm³/mol. The minimum absolute atomic E-state index is 0.00789. The third kappa shape index (κ3) is 3.23. The molecule has 1 heterocycles. The molecule has 0 fully saturated rings. The Hall–Kier alpha value is -3.35. The number of aromatic nitrogens is 2. The zero-order valence-electron chi connectivity index (χ0n) is 14.7. The van der Waals surface area contributed by atoms with Gasteiger partial charge in [0, 0.05) is 11.5 Å². The number of primary amides is 1. The molecule has 26 heavy (non-hydrogen) atoms. The number of fused-ring (bicyclic) bond motifs is 1. The maximum atomic E-state index is 11.4. The SMILES string of the molecule is COc1ccc(CCc2cccc3c(N)c(C(N)=O)nnc23)c(OC)c1. The highest BCUT2D eigenvalue weighted by Gasteiger charge is 2.14. The molecule has 0 spiro atoms. The average molecular weight is 352 g/mol. The van der Waals surface area contributed by atoms with E-state index in [4.69, 9.17) is 20.9 Å². The summed E-state index contributed by atoms with van der Waals surface area (Å²) in [5.74, 6) is 0.824. The topological polar surface area (TPSA) is 113 Å². The van der Waals surface area contributed by atoms with Crippen molar-refractivity contribution < 1.29 is 14.3 Å². The summed E-state index contributed by atoms with van der Waals surface area (Å²) >= 11 is 0. The standard InChI is InChI=1S/C19H20N4O3/c1-25-13-9-8-11(15(10-13)26-2)6-7-12-4-3-5-14-16(20)18(19(21)24)23-22-17(12)14/h3-5,8-10H,6-7H2,1-2H3,(H2,20,22)(H2,21,24). The van der Waals surface area contributed by atoms with Gasteiger partial charge < -0.3 is 20.9 Å². The van der Waals surface area contributed by atoms with E-state index in [1.807, 2.05) is 36.4 Å². The Kier molecular flexibility index (Phi) is 4.88. The first-order valence-corrected chi connectivity index (χ1v) is 8.09. The van der Waals surface area contributed by atoms with Crippen LogP contribution in [0.3, 0.4) is 0 Å². The molecule has 0 unspecified atom stereocenters. The highest BCUT2D eigenvalue weighted by atomic mass is 16.5. The quantitative estimate of drug-likeness (QED) is 0.702. The van der Waals surface area contributed by atoms with Gasteiger partial charge in [0.05, 0.1) is 25.4 Å². The minimum Gasteiger partial charge on any atom is -0.497 e. The smallest absolute Gasteiger partial charge is 0.271 e. The molecule has 0 saturated heterocycles. The fraction of sp³-hybridized carbons (Fsp3) is 0.211. The molecule has 0 atom stereocenters. The van der Waals surface area contributed by atoms with Gasteiger partial charge in [-0.25, -0.2) is 0 Å². The van der Waals surface area contributed by atoms with Crippen LogP contribution in [0.5, 0.6) is 11.5 Å². The Bertz CT molecular complexity index is 972. The summed E-state index contributed by atoms with van der Waals surface area (Å²) in [5, 5.41) is 8.72. The van der Waals surface area contributed by atoms with Crippen LogP contribution in [-0.4, -0.2) is 30.3 Å². The minimum atomic E-state index is -0.690. The van der Waals surface area contributed by atoms with Crippen molar-refractivity contribution in [3.05, 3.63) is 53.2 Å². The lowest BCUT2D eigenvalue weighted by Crippen LogP contribution is -2.17. The van der Waals surface area contributed by atoms with E-state index in [1.165, 1.54) is 0 Å². The van der Waals surface area contributed by atoms with E-state index in [-0.39, 0.29) is 11.4 Å². The zero-order chi connectivity index (χ0) is 18.7. The molecule has 134 valence electrons. The van der Waals surface area contributed by atoms with Gasteiger partial charge in [-0.2, -0.15) is 0 Å². The van der Waals surface area contributed by atoms with Crippen molar-refractivity contribution in [2.45, 2.75) is 12.8 Å². The molecular weight excluding hydrogens is 332 g/mol. The number of methoxy groups -OCH3 is 2. The van der Waals surface area contributed by atoms with Gasteiger partial charge in [0.25, 0.3) is 5.91 Å². The van der Waals surface area contributed by atoms with Crippen LogP contribution in [0.1, 0.15) is 21.6 Å². The lowest BCUT2D eigenvalue weighted by molar-refractivity contribution is 0.0996. The molecule has 3 rings (SSSR count). The number of hydrogen-bond acceptors (Lipinski definition) is 6. The van der Waals surface area contributed by atoms with Gasteiger partial charge in [0.1, 0.15) is 11.5 Å². The molecule has 1 aromatic heterocycles. The van der Waals surface area contributed by atoms with Crippen LogP contribution in [0.15, 0.2) is 36.4 Å². The van der Waals surface area contributed by atoms with Gasteiger partial charge in [-0.05, 0) is 30.0 Å². The van der Waals surface area contributed by atoms with Crippen molar-refractivity contribution in [1.29, 1.82) is 0 Å². The van der Waals surface area contributed by atoms with E-state index in [9.17, 15) is 4.79 Å². The van der Waals surface area contributed by atoms with Gasteiger partial charge in [0.15, 0.2) is 5.69 Å². The third-order valence-electron chi connectivity index (χ3n) is 4.31. The summed E-state index contributed by atoms with van der Waals surface area (Å²) in [4.78, 5) is 11.4. The van der Waals surface area contributed by atoms with Crippen LogP contribution >= 0.6 is 0 Å². The molecule has 0 bridgehead atoms. The number of hydrogen-bond donors (Lipinski definition) is 2. The van der Waals surface area contributed by atoms with Crippen LogP contribution in [0.4, 0.5) is 5.69 Å². The van der Waals surface area contributed by atoms with Gasteiger partial charge >= 0.3 is 0 Å². The fourth-order valence-electron chi connectivity index (χ4n) is 2.92. The highest BCUT2D eigenvalue weighted by molar-refractivity contribution is 6.04. The first-order chi connectivity index (χ1) is 12.5. The molecule has 0 aliphatic heterocycles. The summed E-state index contributed by atoms with van der Waals surface area (Å²) < 4.78 is 10.7. The zero-order valence-corrected chi connectivity index (χ0v) is 14.7. The molecule has 7 nitrogen and oxygen atoms in total. The van der Waals surface area contributed by atoms with E-state index in [0.717, 1.165) is 29.0 Å². The van der Waals surface area contributed by atoms with Crippen LogP contribution in [0.2, 0.25) is 0 Å². The van der Waals surface area contributed by atoms with Crippen LogP contribution in [-0.2, 0) is 12.8 Å². The van der Waals surface area contributed by atoms with Crippen LogP contribution in [0.25, 0.3) is 10.9 Å². The number of benzene rings is 2. The number of ether oxygens (including phenoxy) is 2. The molecule has 0 aliphatic rings. The van der Waals surface area contributed by atoms with E-state index in [0.29, 0.717) is 17.3 Å². The van der Waals surface area contributed by atoms with E-state index in [2.05, 4.69) is 10.2 Å². The maximum absolute atomic E-state index is 11.4. The van der Waals surface area contributed by atoms with Crippen molar-refractivity contribution in [2.75, 3.05) is 20.0 Å². The van der Waals surface area contributed by atoms with Crippen molar-refractivity contribution in [1.82, 2.24) is 10.2 Å². The van der Waals surface area contributed by atoms with Crippen LogP contribution < -0.4 is 20.9 Å². The number of anilines is 1. The van der Waals surface area contributed by atoms with E-state index in [1.54, 1.807) is 14.2 Å². The molecule has 0 radical (unpaired) electrons. The summed E-state index contributed by atoms with van der Waals surface area (Å²) in [5.41, 5.74) is 14.3. The van der Waals surface area contributed by atoms with Gasteiger partial charge in [-0.15, -0.1) is 10.2 Å². The van der Waals surface area contributed by atoms with Crippen molar-refractivity contribution in [3.63, 3.8) is 0 Å². The highest BCUT2D eigenvalue weighted by Crippen LogP contribution is 2.28. The molecule has 0 aliphatic carbocycles. The first-order valence-electron chi connectivity index (χ1n) is 8.09. The summed E-state index contributed by atoms with van der Waals surface area (Å²) in [6, 6.07) is 11.4. The molecule has 3 aromatic rings. The molecule has 7 heteroatoms. The Labute approximate surface area is 150 Å². The monoisotopic (exact) mass is 352 g/mol. The number of nitrogens with zero attached hydrogens (tertiary/aromatic N) is 2. The lowest BCUT2D eigenvalue weighted by Gasteiger charge is -2.12. The largest absolute Gasteiger partial charge is 0.497 e.